The lowest BCUT2D eigenvalue weighted by atomic mass is 10.1. The van der Waals surface area contributed by atoms with E-state index in [0.29, 0.717) is 11.1 Å². The number of rotatable bonds is 2. The highest BCUT2D eigenvalue weighted by atomic mass is 28.4. The quantitative estimate of drug-likeness (QED) is 0.509. The van der Waals surface area contributed by atoms with Crippen molar-refractivity contribution in [2.45, 2.75) is 57.8 Å². The summed E-state index contributed by atoms with van der Waals surface area (Å²) in [5.41, 5.74) is 0. The molecule has 2 aliphatic carbocycles. The molecule has 0 aromatic heterocycles. The van der Waals surface area contributed by atoms with E-state index >= 15 is 0 Å². The number of allylic oxidation sites excluding steroid dienone is 1. The van der Waals surface area contributed by atoms with Crippen molar-refractivity contribution in [2.24, 2.45) is 11.8 Å². The molecule has 0 aliphatic heterocycles. The minimum absolute atomic E-state index is 0.346. The van der Waals surface area contributed by atoms with Gasteiger partial charge < -0.3 is 4.43 Å². The van der Waals surface area contributed by atoms with Crippen molar-refractivity contribution < 1.29 is 4.43 Å². The summed E-state index contributed by atoms with van der Waals surface area (Å²) in [6.45, 7) is 11.7. The van der Waals surface area contributed by atoms with Crippen LogP contribution in [0.2, 0.25) is 18.1 Å². The zero-order valence-electron chi connectivity index (χ0n) is 10.7. The zero-order chi connectivity index (χ0) is 11.3. The van der Waals surface area contributed by atoms with Gasteiger partial charge in [0.05, 0.1) is 6.10 Å². The lowest BCUT2D eigenvalue weighted by Gasteiger charge is -2.39. The molecule has 1 nitrogen and oxygen atoms in total. The highest BCUT2D eigenvalue weighted by Gasteiger charge is 2.44. The van der Waals surface area contributed by atoms with Crippen LogP contribution in [0.25, 0.3) is 0 Å². The molecule has 0 N–H and O–H groups in total. The fraction of sp³-hybridized carbons (Fsp3) is 0.846. The van der Waals surface area contributed by atoms with E-state index < -0.39 is 8.32 Å². The first-order chi connectivity index (χ1) is 6.79. The van der Waals surface area contributed by atoms with E-state index in [1.54, 1.807) is 0 Å². The number of fused-ring (bicyclic) bond motifs is 2. The van der Waals surface area contributed by atoms with E-state index in [9.17, 15) is 0 Å². The van der Waals surface area contributed by atoms with Crippen molar-refractivity contribution in [1.82, 2.24) is 0 Å². The molecular weight excluding hydrogens is 200 g/mol. The van der Waals surface area contributed by atoms with Crippen molar-refractivity contribution >= 4 is 8.32 Å². The largest absolute Gasteiger partial charge is 0.413 e. The van der Waals surface area contributed by atoms with Gasteiger partial charge in [-0.1, -0.05) is 32.9 Å². The van der Waals surface area contributed by atoms with Crippen LogP contribution in [0.4, 0.5) is 0 Å². The van der Waals surface area contributed by atoms with Gasteiger partial charge in [-0.15, -0.1) is 0 Å². The van der Waals surface area contributed by atoms with Crippen LogP contribution in [0.15, 0.2) is 12.2 Å². The standard InChI is InChI=1S/C13H24OSi/c1-13(2,3)15(4,5)14-12-9-10-6-7-11(12)8-10/h6-7,10-12H,8-9H2,1-5H3/t10-,11-,12+/m0/s1. The van der Waals surface area contributed by atoms with E-state index in [0.717, 1.165) is 11.8 Å². The van der Waals surface area contributed by atoms with E-state index in [2.05, 4.69) is 46.0 Å². The minimum atomic E-state index is -1.54. The van der Waals surface area contributed by atoms with Crippen LogP contribution < -0.4 is 0 Å². The molecule has 15 heavy (non-hydrogen) atoms. The molecule has 86 valence electrons. The molecule has 0 aromatic rings. The second-order valence-electron chi connectivity index (χ2n) is 6.70. The topological polar surface area (TPSA) is 9.23 Å². The van der Waals surface area contributed by atoms with Crippen molar-refractivity contribution in [3.05, 3.63) is 12.2 Å². The Labute approximate surface area is 95.0 Å². The van der Waals surface area contributed by atoms with Gasteiger partial charge in [0.1, 0.15) is 0 Å². The van der Waals surface area contributed by atoms with Gasteiger partial charge >= 0.3 is 0 Å². The summed E-state index contributed by atoms with van der Waals surface area (Å²) in [6, 6.07) is 0. The lowest BCUT2D eigenvalue weighted by molar-refractivity contribution is 0.155. The van der Waals surface area contributed by atoms with E-state index in [-0.39, 0.29) is 0 Å². The van der Waals surface area contributed by atoms with Gasteiger partial charge in [-0.25, -0.2) is 0 Å². The van der Waals surface area contributed by atoms with Gasteiger partial charge in [0, 0.05) is 5.92 Å². The van der Waals surface area contributed by atoms with Crippen molar-refractivity contribution in [1.29, 1.82) is 0 Å². The van der Waals surface area contributed by atoms with Crippen LogP contribution in [0.1, 0.15) is 33.6 Å². The highest BCUT2D eigenvalue weighted by molar-refractivity contribution is 6.74. The Bertz CT molecular complexity index is 275. The fourth-order valence-corrected chi connectivity index (χ4v) is 3.80. The lowest BCUT2D eigenvalue weighted by Crippen LogP contribution is -2.44. The molecule has 0 unspecified atom stereocenters. The van der Waals surface area contributed by atoms with Crippen LogP contribution in [0.5, 0.6) is 0 Å². The normalized spacial score (nSPS) is 35.1. The second-order valence-corrected chi connectivity index (χ2v) is 11.5. The average molecular weight is 224 g/mol. The summed E-state index contributed by atoms with van der Waals surface area (Å²) in [5.74, 6) is 1.55. The van der Waals surface area contributed by atoms with Gasteiger partial charge in [-0.2, -0.15) is 0 Å². The molecule has 2 heteroatoms. The molecule has 0 amide bonds. The van der Waals surface area contributed by atoms with Gasteiger partial charge in [-0.3, -0.25) is 0 Å². The Hall–Kier alpha value is -0.0831. The van der Waals surface area contributed by atoms with Crippen LogP contribution >= 0.6 is 0 Å². The summed E-state index contributed by atoms with van der Waals surface area (Å²) in [7, 11) is -1.54. The SMILES string of the molecule is CC(C)(C)[Si](C)(C)O[C@@H]1C[C@H]2C=C[C@H]1C2. The molecular formula is C13H24OSi. The summed E-state index contributed by atoms with van der Waals surface area (Å²) in [6.07, 6.45) is 7.91. The Balaban J connectivity index is 2.01. The molecule has 2 bridgehead atoms. The molecule has 1 saturated carbocycles. The summed E-state index contributed by atoms with van der Waals surface area (Å²) < 4.78 is 6.48. The number of hydrogen-bond acceptors (Lipinski definition) is 1. The van der Waals surface area contributed by atoms with Crippen molar-refractivity contribution in [3.63, 3.8) is 0 Å². The maximum Gasteiger partial charge on any atom is 0.192 e. The Morgan fingerprint density at radius 3 is 2.20 bits per heavy atom. The molecule has 0 spiro atoms. The Kier molecular flexibility index (Phi) is 2.63. The zero-order valence-corrected chi connectivity index (χ0v) is 11.7. The Morgan fingerprint density at radius 2 is 1.80 bits per heavy atom. The molecule has 2 aliphatic rings. The first-order valence-electron chi connectivity index (χ1n) is 6.16. The molecule has 1 fully saturated rings. The molecule has 3 atom stereocenters. The van der Waals surface area contributed by atoms with Crippen LogP contribution in [-0.2, 0) is 4.43 Å². The Morgan fingerprint density at radius 1 is 1.13 bits per heavy atom. The van der Waals surface area contributed by atoms with Gasteiger partial charge in [-0.05, 0) is 36.9 Å². The summed E-state index contributed by atoms with van der Waals surface area (Å²) in [4.78, 5) is 0. The predicted octanol–water partition coefficient (Wildman–Crippen LogP) is 3.97. The smallest absolute Gasteiger partial charge is 0.192 e. The van der Waals surface area contributed by atoms with Crippen molar-refractivity contribution in [2.75, 3.05) is 0 Å². The first-order valence-corrected chi connectivity index (χ1v) is 9.06. The third kappa shape index (κ3) is 2.07. The fourth-order valence-electron chi connectivity index (χ4n) is 2.42. The monoisotopic (exact) mass is 224 g/mol. The molecule has 0 radical (unpaired) electrons. The molecule has 0 heterocycles. The van der Waals surface area contributed by atoms with Gasteiger partial charge in [0.15, 0.2) is 8.32 Å². The van der Waals surface area contributed by atoms with Crippen LogP contribution in [0.3, 0.4) is 0 Å². The summed E-state index contributed by atoms with van der Waals surface area (Å²) >= 11 is 0. The van der Waals surface area contributed by atoms with E-state index in [4.69, 9.17) is 4.43 Å². The van der Waals surface area contributed by atoms with Crippen molar-refractivity contribution in [3.8, 4) is 0 Å². The second kappa shape index (κ2) is 3.46. The molecule has 2 rings (SSSR count). The van der Waals surface area contributed by atoms with Gasteiger partial charge in [0.25, 0.3) is 0 Å². The minimum Gasteiger partial charge on any atom is -0.413 e. The van der Waals surface area contributed by atoms with Crippen LogP contribution in [-0.4, -0.2) is 14.4 Å². The van der Waals surface area contributed by atoms with E-state index in [1.807, 2.05) is 0 Å². The molecule has 0 saturated heterocycles. The average Bonchev–Trinajstić information content (AvgIpc) is 2.61. The van der Waals surface area contributed by atoms with Crippen LogP contribution in [0, 0.1) is 11.8 Å². The third-order valence-corrected chi connectivity index (χ3v) is 8.97. The first kappa shape index (κ1) is 11.4. The maximum atomic E-state index is 6.48. The molecule has 0 aromatic carbocycles. The predicted molar refractivity (Wildman–Crippen MR) is 67.4 cm³/mol. The maximum absolute atomic E-state index is 6.48. The third-order valence-electron chi connectivity index (χ3n) is 4.47. The van der Waals surface area contributed by atoms with Gasteiger partial charge in [0.2, 0.25) is 0 Å². The summed E-state index contributed by atoms with van der Waals surface area (Å²) in [5, 5.41) is 0.346. The number of hydrogen-bond donors (Lipinski definition) is 0. The highest BCUT2D eigenvalue weighted by Crippen LogP contribution is 2.45. The van der Waals surface area contributed by atoms with E-state index in [1.165, 1.54) is 12.8 Å².